The quantitative estimate of drug-likeness (QED) is 0.722. The Morgan fingerprint density at radius 3 is 2.71 bits per heavy atom. The Labute approximate surface area is 133 Å². The first-order valence-corrected chi connectivity index (χ1v) is 7.29. The van der Waals surface area contributed by atoms with Crippen molar-refractivity contribution >= 4 is 34.2 Å². The molecule has 0 atom stereocenters. The molecule has 6 heteroatoms. The number of benzene rings is 2. The first-order chi connectivity index (χ1) is 10.0. The van der Waals surface area contributed by atoms with Gasteiger partial charge in [0.1, 0.15) is 5.75 Å². The third-order valence-corrected chi connectivity index (χ3v) is 3.86. The van der Waals surface area contributed by atoms with E-state index < -0.39 is 11.6 Å². The van der Waals surface area contributed by atoms with Gasteiger partial charge in [-0.05, 0) is 58.5 Å². The van der Waals surface area contributed by atoms with Gasteiger partial charge in [-0.1, -0.05) is 6.07 Å². The molecule has 0 spiro atoms. The largest absolute Gasteiger partial charge is 0.482 e. The maximum absolute atomic E-state index is 13.3. The van der Waals surface area contributed by atoms with Crippen molar-refractivity contribution in [2.45, 2.75) is 6.54 Å². The SMILES string of the molecule is O=C1COc2ccc(I)cc2N1Cc1ccc(F)c(F)c1. The van der Waals surface area contributed by atoms with Crippen molar-refractivity contribution in [2.24, 2.45) is 0 Å². The second kappa shape index (κ2) is 5.59. The molecule has 2 aromatic carbocycles. The molecule has 0 fully saturated rings. The monoisotopic (exact) mass is 401 g/mol. The standard InChI is InChI=1S/C15H10F2INO2/c16-11-3-1-9(5-12(11)17)7-19-13-6-10(18)2-4-14(13)21-8-15(19)20/h1-6H,7-8H2. The smallest absolute Gasteiger partial charge is 0.265 e. The van der Waals surface area contributed by atoms with E-state index in [1.807, 2.05) is 12.1 Å². The first kappa shape index (κ1) is 14.2. The Kier molecular flexibility index (Phi) is 3.79. The summed E-state index contributed by atoms with van der Waals surface area (Å²) >= 11 is 2.14. The number of halogens is 3. The van der Waals surface area contributed by atoms with Gasteiger partial charge in [0, 0.05) is 3.57 Å². The van der Waals surface area contributed by atoms with Crippen molar-refractivity contribution in [3.63, 3.8) is 0 Å². The van der Waals surface area contributed by atoms with Crippen LogP contribution in [0.1, 0.15) is 5.56 Å². The lowest BCUT2D eigenvalue weighted by Gasteiger charge is -2.29. The molecule has 0 aromatic heterocycles. The van der Waals surface area contributed by atoms with Crippen molar-refractivity contribution in [2.75, 3.05) is 11.5 Å². The Balaban J connectivity index is 1.96. The number of ether oxygens (including phenoxy) is 1. The fraction of sp³-hybridized carbons (Fsp3) is 0.133. The van der Waals surface area contributed by atoms with Crippen LogP contribution < -0.4 is 9.64 Å². The molecular formula is C15H10F2INO2. The fourth-order valence-electron chi connectivity index (χ4n) is 2.17. The van der Waals surface area contributed by atoms with Gasteiger partial charge in [0.15, 0.2) is 18.2 Å². The summed E-state index contributed by atoms with van der Waals surface area (Å²) < 4.78 is 32.6. The molecule has 0 bridgehead atoms. The van der Waals surface area contributed by atoms with Crippen LogP contribution in [0.2, 0.25) is 0 Å². The van der Waals surface area contributed by atoms with Crippen LogP contribution in [0.3, 0.4) is 0 Å². The molecule has 3 nitrogen and oxygen atoms in total. The predicted octanol–water partition coefficient (Wildman–Crippen LogP) is 3.50. The van der Waals surface area contributed by atoms with E-state index in [2.05, 4.69) is 22.6 Å². The zero-order valence-corrected chi connectivity index (χ0v) is 12.9. The Hall–Kier alpha value is -1.70. The van der Waals surface area contributed by atoms with Gasteiger partial charge in [-0.25, -0.2) is 8.78 Å². The zero-order chi connectivity index (χ0) is 15.0. The summed E-state index contributed by atoms with van der Waals surface area (Å²) in [5, 5.41) is 0. The minimum absolute atomic E-state index is 0.0583. The molecule has 1 heterocycles. The summed E-state index contributed by atoms with van der Waals surface area (Å²) in [5.74, 6) is -1.43. The van der Waals surface area contributed by atoms with E-state index >= 15 is 0 Å². The zero-order valence-electron chi connectivity index (χ0n) is 10.8. The maximum atomic E-state index is 13.3. The van der Waals surface area contributed by atoms with E-state index in [-0.39, 0.29) is 19.1 Å². The molecule has 108 valence electrons. The first-order valence-electron chi connectivity index (χ1n) is 6.21. The van der Waals surface area contributed by atoms with Crippen LogP contribution in [0.25, 0.3) is 0 Å². The highest BCUT2D eigenvalue weighted by molar-refractivity contribution is 14.1. The molecule has 1 amide bonds. The lowest BCUT2D eigenvalue weighted by molar-refractivity contribution is -0.121. The van der Waals surface area contributed by atoms with Crippen LogP contribution in [-0.4, -0.2) is 12.5 Å². The summed E-state index contributed by atoms with van der Waals surface area (Å²) in [6.07, 6.45) is 0. The molecule has 0 aliphatic carbocycles. The molecule has 0 saturated heterocycles. The minimum atomic E-state index is -0.920. The third-order valence-electron chi connectivity index (χ3n) is 3.19. The van der Waals surface area contributed by atoms with Crippen molar-refractivity contribution in [3.8, 4) is 5.75 Å². The lowest BCUT2D eigenvalue weighted by Crippen LogP contribution is -2.38. The summed E-state index contributed by atoms with van der Waals surface area (Å²) in [4.78, 5) is 13.6. The molecule has 0 unspecified atom stereocenters. The number of carbonyl (C=O) groups excluding carboxylic acids is 1. The third kappa shape index (κ3) is 2.85. The van der Waals surface area contributed by atoms with Gasteiger partial charge in [0.2, 0.25) is 0 Å². The van der Waals surface area contributed by atoms with Crippen molar-refractivity contribution in [3.05, 3.63) is 57.2 Å². The van der Waals surface area contributed by atoms with E-state index in [0.29, 0.717) is 17.0 Å². The summed E-state index contributed by atoms with van der Waals surface area (Å²) in [6.45, 7) is 0.115. The maximum Gasteiger partial charge on any atom is 0.265 e. The van der Waals surface area contributed by atoms with Crippen LogP contribution in [0.5, 0.6) is 5.75 Å². The van der Waals surface area contributed by atoms with Gasteiger partial charge < -0.3 is 9.64 Å². The van der Waals surface area contributed by atoms with Gasteiger partial charge in [0.25, 0.3) is 5.91 Å². The second-order valence-electron chi connectivity index (χ2n) is 4.63. The Morgan fingerprint density at radius 1 is 1.14 bits per heavy atom. The fourth-order valence-corrected chi connectivity index (χ4v) is 2.64. The molecule has 1 aliphatic heterocycles. The van der Waals surface area contributed by atoms with Gasteiger partial charge in [-0.3, -0.25) is 4.79 Å². The summed E-state index contributed by atoms with van der Waals surface area (Å²) in [7, 11) is 0. The van der Waals surface area contributed by atoms with Crippen LogP contribution in [0.4, 0.5) is 14.5 Å². The van der Waals surface area contributed by atoms with E-state index in [0.717, 1.165) is 15.7 Å². The number of nitrogens with zero attached hydrogens (tertiary/aromatic N) is 1. The van der Waals surface area contributed by atoms with Crippen molar-refractivity contribution in [1.29, 1.82) is 0 Å². The highest BCUT2D eigenvalue weighted by Crippen LogP contribution is 2.34. The van der Waals surface area contributed by atoms with Crippen LogP contribution in [0.15, 0.2) is 36.4 Å². The van der Waals surface area contributed by atoms with Gasteiger partial charge in [-0.15, -0.1) is 0 Å². The molecule has 2 aromatic rings. The minimum Gasteiger partial charge on any atom is -0.482 e. The molecule has 21 heavy (non-hydrogen) atoms. The lowest BCUT2D eigenvalue weighted by atomic mass is 10.1. The Bertz CT molecular complexity index is 721. The van der Waals surface area contributed by atoms with E-state index in [1.165, 1.54) is 11.0 Å². The molecular weight excluding hydrogens is 391 g/mol. The predicted molar refractivity (Wildman–Crippen MR) is 82.2 cm³/mol. The van der Waals surface area contributed by atoms with Gasteiger partial charge in [0.05, 0.1) is 12.2 Å². The molecule has 0 N–H and O–H groups in total. The average molecular weight is 401 g/mol. The van der Waals surface area contributed by atoms with Crippen LogP contribution >= 0.6 is 22.6 Å². The number of amides is 1. The van der Waals surface area contributed by atoms with E-state index in [1.54, 1.807) is 6.07 Å². The number of carbonyl (C=O) groups is 1. The molecule has 1 aliphatic rings. The normalized spacial score (nSPS) is 13.9. The Morgan fingerprint density at radius 2 is 1.95 bits per heavy atom. The number of hydrogen-bond donors (Lipinski definition) is 0. The summed E-state index contributed by atoms with van der Waals surface area (Å²) in [6, 6.07) is 9.13. The molecule has 0 saturated carbocycles. The van der Waals surface area contributed by atoms with Gasteiger partial charge >= 0.3 is 0 Å². The van der Waals surface area contributed by atoms with Crippen molar-refractivity contribution in [1.82, 2.24) is 0 Å². The van der Waals surface area contributed by atoms with E-state index in [4.69, 9.17) is 4.74 Å². The second-order valence-corrected chi connectivity index (χ2v) is 5.87. The van der Waals surface area contributed by atoms with Gasteiger partial charge in [-0.2, -0.15) is 0 Å². The summed E-state index contributed by atoms with van der Waals surface area (Å²) in [5.41, 5.74) is 1.16. The van der Waals surface area contributed by atoms with E-state index in [9.17, 15) is 13.6 Å². The highest BCUT2D eigenvalue weighted by Gasteiger charge is 2.26. The highest BCUT2D eigenvalue weighted by atomic mass is 127. The number of anilines is 1. The number of hydrogen-bond acceptors (Lipinski definition) is 2. The molecule has 3 rings (SSSR count). The average Bonchev–Trinajstić information content (AvgIpc) is 2.46. The van der Waals surface area contributed by atoms with Crippen LogP contribution in [-0.2, 0) is 11.3 Å². The van der Waals surface area contributed by atoms with Crippen molar-refractivity contribution < 1.29 is 18.3 Å². The number of rotatable bonds is 2. The van der Waals surface area contributed by atoms with Crippen LogP contribution in [0, 0.1) is 15.2 Å². The molecule has 0 radical (unpaired) electrons. The number of fused-ring (bicyclic) bond motifs is 1. The topological polar surface area (TPSA) is 29.5 Å².